The van der Waals surface area contributed by atoms with E-state index in [0.29, 0.717) is 0 Å². The number of hydrogen-bond donors (Lipinski definition) is 1. The number of rotatable bonds is 4. The van der Waals surface area contributed by atoms with E-state index in [1.807, 2.05) is 0 Å². The number of ether oxygens (including phenoxy) is 1. The Balaban J connectivity index is 2.23. The van der Waals surface area contributed by atoms with Gasteiger partial charge in [-0.25, -0.2) is 0 Å². The van der Waals surface area contributed by atoms with Gasteiger partial charge in [-0.1, -0.05) is 36.8 Å². The molecule has 0 saturated heterocycles. The molecule has 1 heterocycles. The molecule has 0 saturated carbocycles. The van der Waals surface area contributed by atoms with Crippen LogP contribution in [-0.4, -0.2) is 17.7 Å². The Labute approximate surface area is 129 Å². The molecule has 1 aromatic rings. The topological polar surface area (TPSA) is 21.3 Å². The molecule has 0 bridgehead atoms. The fraction of sp³-hybridized carbons (Fsp3) is 0.579. The summed E-state index contributed by atoms with van der Waals surface area (Å²) in [6.07, 6.45) is 4.33. The SMILES string of the molecule is CCC(=Cc1cccc2c1OC(C)(C)C2)CNC(C)(C)C. The molecule has 1 N–H and O–H groups in total. The lowest BCUT2D eigenvalue weighted by Gasteiger charge is -2.22. The zero-order valence-electron chi connectivity index (χ0n) is 14.3. The molecule has 21 heavy (non-hydrogen) atoms. The van der Waals surface area contributed by atoms with Crippen LogP contribution in [0, 0.1) is 0 Å². The maximum absolute atomic E-state index is 6.15. The van der Waals surface area contributed by atoms with Gasteiger partial charge < -0.3 is 10.1 Å². The van der Waals surface area contributed by atoms with Crippen molar-refractivity contribution in [1.82, 2.24) is 5.32 Å². The van der Waals surface area contributed by atoms with Crippen molar-refractivity contribution in [3.8, 4) is 5.75 Å². The van der Waals surface area contributed by atoms with Gasteiger partial charge in [0.15, 0.2) is 0 Å². The molecule has 116 valence electrons. The van der Waals surface area contributed by atoms with Crippen molar-refractivity contribution in [2.45, 2.75) is 65.5 Å². The van der Waals surface area contributed by atoms with E-state index in [-0.39, 0.29) is 11.1 Å². The van der Waals surface area contributed by atoms with E-state index in [1.165, 1.54) is 16.7 Å². The Kier molecular flexibility index (Phi) is 4.48. The Hall–Kier alpha value is -1.28. The third kappa shape index (κ3) is 4.34. The van der Waals surface area contributed by atoms with Crippen molar-refractivity contribution in [2.24, 2.45) is 0 Å². The minimum absolute atomic E-state index is 0.0810. The van der Waals surface area contributed by atoms with Gasteiger partial charge in [-0.05, 0) is 46.6 Å². The highest BCUT2D eigenvalue weighted by Gasteiger charge is 2.31. The lowest BCUT2D eigenvalue weighted by Crippen LogP contribution is -2.36. The van der Waals surface area contributed by atoms with Crippen LogP contribution in [0.1, 0.15) is 59.1 Å². The van der Waals surface area contributed by atoms with Crippen LogP contribution in [-0.2, 0) is 6.42 Å². The van der Waals surface area contributed by atoms with Crippen LogP contribution >= 0.6 is 0 Å². The molecule has 2 heteroatoms. The first-order chi connectivity index (χ1) is 9.70. The maximum atomic E-state index is 6.15. The average molecular weight is 287 g/mol. The molecule has 1 aromatic carbocycles. The first kappa shape index (κ1) is 16.1. The molecule has 0 unspecified atom stereocenters. The Morgan fingerprint density at radius 1 is 1.33 bits per heavy atom. The smallest absolute Gasteiger partial charge is 0.130 e. The van der Waals surface area contributed by atoms with Gasteiger partial charge in [0, 0.05) is 24.1 Å². The van der Waals surface area contributed by atoms with Crippen LogP contribution in [0.2, 0.25) is 0 Å². The monoisotopic (exact) mass is 287 g/mol. The van der Waals surface area contributed by atoms with Crippen molar-refractivity contribution in [2.75, 3.05) is 6.54 Å². The van der Waals surface area contributed by atoms with E-state index < -0.39 is 0 Å². The van der Waals surface area contributed by atoms with Gasteiger partial charge in [0.1, 0.15) is 11.4 Å². The molecule has 1 aliphatic heterocycles. The molecule has 0 aliphatic carbocycles. The van der Waals surface area contributed by atoms with Gasteiger partial charge in [-0.15, -0.1) is 0 Å². The molecule has 0 radical (unpaired) electrons. The lowest BCUT2D eigenvalue weighted by atomic mass is 9.99. The molecule has 1 aliphatic rings. The van der Waals surface area contributed by atoms with Crippen LogP contribution in [0.15, 0.2) is 23.8 Å². The summed E-state index contributed by atoms with van der Waals surface area (Å²) in [6.45, 7) is 14.0. The van der Waals surface area contributed by atoms with Gasteiger partial charge in [0.05, 0.1) is 0 Å². The highest BCUT2D eigenvalue weighted by molar-refractivity contribution is 5.63. The first-order valence-corrected chi connectivity index (χ1v) is 7.95. The minimum Gasteiger partial charge on any atom is -0.487 e. The summed E-state index contributed by atoms with van der Waals surface area (Å²) in [5.41, 5.74) is 4.01. The number of fused-ring (bicyclic) bond motifs is 1. The Morgan fingerprint density at radius 3 is 2.67 bits per heavy atom. The number of hydrogen-bond acceptors (Lipinski definition) is 2. The largest absolute Gasteiger partial charge is 0.487 e. The molecule has 0 fully saturated rings. The standard InChI is InChI=1S/C19H29NO/c1-7-14(13-20-18(2,3)4)11-15-9-8-10-16-12-19(5,6)21-17(15)16/h8-11,20H,7,12-13H2,1-6H3. The fourth-order valence-corrected chi connectivity index (χ4v) is 2.63. The van der Waals surface area contributed by atoms with Gasteiger partial charge in [0.25, 0.3) is 0 Å². The van der Waals surface area contributed by atoms with E-state index >= 15 is 0 Å². The van der Waals surface area contributed by atoms with E-state index in [0.717, 1.165) is 25.1 Å². The summed E-state index contributed by atoms with van der Waals surface area (Å²) in [5, 5.41) is 3.57. The maximum Gasteiger partial charge on any atom is 0.130 e. The highest BCUT2D eigenvalue weighted by Crippen LogP contribution is 2.38. The van der Waals surface area contributed by atoms with Crippen LogP contribution in [0.3, 0.4) is 0 Å². The predicted octanol–water partition coefficient (Wildman–Crippen LogP) is 4.58. The van der Waals surface area contributed by atoms with Crippen LogP contribution in [0.4, 0.5) is 0 Å². The number of benzene rings is 1. The summed E-state index contributed by atoms with van der Waals surface area (Å²) >= 11 is 0. The van der Waals surface area contributed by atoms with E-state index in [2.05, 4.69) is 71.1 Å². The summed E-state index contributed by atoms with van der Waals surface area (Å²) in [5.74, 6) is 1.07. The van der Waals surface area contributed by atoms with Crippen molar-refractivity contribution in [3.63, 3.8) is 0 Å². The van der Waals surface area contributed by atoms with E-state index in [1.54, 1.807) is 0 Å². The molecular formula is C19H29NO. The van der Waals surface area contributed by atoms with Gasteiger partial charge in [0.2, 0.25) is 0 Å². The quantitative estimate of drug-likeness (QED) is 0.875. The Morgan fingerprint density at radius 2 is 2.05 bits per heavy atom. The number of para-hydroxylation sites is 1. The second kappa shape index (κ2) is 5.84. The summed E-state index contributed by atoms with van der Waals surface area (Å²) in [7, 11) is 0. The van der Waals surface area contributed by atoms with E-state index in [4.69, 9.17) is 4.74 Å². The van der Waals surface area contributed by atoms with Crippen molar-refractivity contribution >= 4 is 6.08 Å². The zero-order chi connectivity index (χ0) is 15.7. The Bertz CT molecular complexity index is 535. The second-order valence-corrected chi connectivity index (χ2v) is 7.63. The highest BCUT2D eigenvalue weighted by atomic mass is 16.5. The fourth-order valence-electron chi connectivity index (χ4n) is 2.63. The molecule has 0 aromatic heterocycles. The minimum atomic E-state index is -0.0810. The third-order valence-electron chi connectivity index (χ3n) is 3.78. The molecule has 0 spiro atoms. The summed E-state index contributed by atoms with van der Waals surface area (Å²) < 4.78 is 6.15. The lowest BCUT2D eigenvalue weighted by molar-refractivity contribution is 0.138. The molecular weight excluding hydrogens is 258 g/mol. The molecule has 0 amide bonds. The van der Waals surface area contributed by atoms with Gasteiger partial charge >= 0.3 is 0 Å². The number of nitrogens with one attached hydrogen (secondary N) is 1. The predicted molar refractivity (Wildman–Crippen MR) is 90.9 cm³/mol. The van der Waals surface area contributed by atoms with Crippen LogP contribution in [0.25, 0.3) is 6.08 Å². The summed E-state index contributed by atoms with van der Waals surface area (Å²) in [6, 6.07) is 6.48. The van der Waals surface area contributed by atoms with Gasteiger partial charge in [-0.2, -0.15) is 0 Å². The third-order valence-corrected chi connectivity index (χ3v) is 3.78. The van der Waals surface area contributed by atoms with E-state index in [9.17, 15) is 0 Å². The average Bonchev–Trinajstić information content (AvgIpc) is 2.68. The molecule has 0 atom stereocenters. The van der Waals surface area contributed by atoms with Crippen molar-refractivity contribution in [3.05, 3.63) is 34.9 Å². The van der Waals surface area contributed by atoms with Crippen LogP contribution < -0.4 is 10.1 Å². The van der Waals surface area contributed by atoms with Crippen LogP contribution in [0.5, 0.6) is 5.75 Å². The molecule has 2 nitrogen and oxygen atoms in total. The zero-order valence-corrected chi connectivity index (χ0v) is 14.3. The molecule has 2 rings (SSSR count). The normalized spacial score (nSPS) is 17.5. The first-order valence-electron chi connectivity index (χ1n) is 7.95. The summed E-state index contributed by atoms with van der Waals surface area (Å²) in [4.78, 5) is 0. The van der Waals surface area contributed by atoms with Gasteiger partial charge in [-0.3, -0.25) is 0 Å². The van der Waals surface area contributed by atoms with Crippen molar-refractivity contribution in [1.29, 1.82) is 0 Å². The van der Waals surface area contributed by atoms with Crippen molar-refractivity contribution < 1.29 is 4.74 Å². The second-order valence-electron chi connectivity index (χ2n) is 7.63.